The van der Waals surface area contributed by atoms with Crippen molar-refractivity contribution in [1.82, 2.24) is 4.98 Å². The van der Waals surface area contributed by atoms with Crippen molar-refractivity contribution in [2.24, 2.45) is 0 Å². The summed E-state index contributed by atoms with van der Waals surface area (Å²) in [4.78, 5) is 3.77. The van der Waals surface area contributed by atoms with Gasteiger partial charge in [-0.25, -0.2) is 4.98 Å². The molecular formula is C5H6NOS2. The number of aliphatic hydroxyl groups excluding tert-OH is 1. The topological polar surface area (TPSA) is 33.1 Å². The first kappa shape index (κ1) is 7.05. The number of thiazole rings is 1. The minimum absolute atomic E-state index is 0.225. The van der Waals surface area contributed by atoms with E-state index in [0.29, 0.717) is 0 Å². The smallest absolute Gasteiger partial charge is 0.153 e. The molecule has 1 heterocycles. The maximum Gasteiger partial charge on any atom is 0.153 e. The summed E-state index contributed by atoms with van der Waals surface area (Å²) in [6.45, 7) is 0.225. The van der Waals surface area contributed by atoms with Crippen LogP contribution in [0.3, 0.4) is 0 Å². The molecule has 0 aliphatic rings. The molecule has 0 amide bonds. The summed E-state index contributed by atoms with van der Waals surface area (Å²) in [5.74, 6) is 0.746. The van der Waals surface area contributed by atoms with Gasteiger partial charge < -0.3 is 5.11 Å². The number of nitrogens with zero attached hydrogens (tertiary/aromatic N) is 1. The van der Waals surface area contributed by atoms with Gasteiger partial charge in [0.05, 0.1) is 17.0 Å². The van der Waals surface area contributed by atoms with Crippen LogP contribution in [0.15, 0.2) is 10.4 Å². The van der Waals surface area contributed by atoms with E-state index in [4.69, 9.17) is 5.11 Å². The lowest BCUT2D eigenvalue weighted by Gasteiger charge is -1.88. The molecule has 0 fully saturated rings. The summed E-state index contributed by atoms with van der Waals surface area (Å²) in [6, 6.07) is 0. The van der Waals surface area contributed by atoms with Crippen LogP contribution in [-0.2, 0) is 0 Å². The second-order valence-corrected chi connectivity index (χ2v) is 3.56. The van der Waals surface area contributed by atoms with Crippen LogP contribution in [0.4, 0.5) is 0 Å². The van der Waals surface area contributed by atoms with Crippen molar-refractivity contribution in [3.8, 4) is 0 Å². The van der Waals surface area contributed by atoms with Crippen LogP contribution in [0, 0.1) is 5.51 Å². The Bertz CT molecular complexity index is 152. The van der Waals surface area contributed by atoms with Crippen LogP contribution in [0.1, 0.15) is 0 Å². The van der Waals surface area contributed by atoms with Gasteiger partial charge in [-0.1, -0.05) is 0 Å². The molecule has 9 heavy (non-hydrogen) atoms. The van der Waals surface area contributed by atoms with Crippen molar-refractivity contribution in [2.45, 2.75) is 4.21 Å². The van der Waals surface area contributed by atoms with Gasteiger partial charge in [0.15, 0.2) is 5.51 Å². The Balaban J connectivity index is 2.30. The van der Waals surface area contributed by atoms with E-state index in [0.717, 1.165) is 9.96 Å². The number of hydrogen-bond donors (Lipinski definition) is 1. The highest BCUT2D eigenvalue weighted by atomic mass is 32.2. The Morgan fingerprint density at radius 3 is 3.33 bits per heavy atom. The van der Waals surface area contributed by atoms with Crippen LogP contribution in [0.2, 0.25) is 0 Å². The quantitative estimate of drug-likeness (QED) is 0.670. The average Bonchev–Trinajstić information content (AvgIpc) is 2.34. The molecule has 1 aromatic heterocycles. The number of thioether (sulfide) groups is 1. The average molecular weight is 160 g/mol. The van der Waals surface area contributed by atoms with Crippen LogP contribution in [0.5, 0.6) is 0 Å². The standard InChI is InChI=1S/C5H6NOS2/c7-1-2-8-5-3-6-4-9-5/h3,7H,1-2H2. The number of aliphatic hydroxyl groups is 1. The zero-order valence-corrected chi connectivity index (χ0v) is 6.34. The zero-order chi connectivity index (χ0) is 6.53. The lowest BCUT2D eigenvalue weighted by molar-refractivity contribution is 0.322. The molecule has 0 saturated carbocycles. The molecule has 0 aromatic carbocycles. The molecule has 0 unspecified atom stereocenters. The second kappa shape index (κ2) is 3.87. The normalized spacial score (nSPS) is 9.89. The van der Waals surface area contributed by atoms with Crippen molar-refractivity contribution < 1.29 is 5.11 Å². The maximum atomic E-state index is 8.42. The Morgan fingerprint density at radius 1 is 1.89 bits per heavy atom. The third-order valence-corrected chi connectivity index (χ3v) is 2.59. The predicted molar refractivity (Wildman–Crippen MR) is 38.8 cm³/mol. The van der Waals surface area contributed by atoms with Crippen molar-refractivity contribution in [3.63, 3.8) is 0 Å². The first-order valence-corrected chi connectivity index (χ1v) is 4.29. The summed E-state index contributed by atoms with van der Waals surface area (Å²) in [5, 5.41) is 8.42. The third kappa shape index (κ3) is 2.34. The first-order chi connectivity index (χ1) is 4.43. The van der Waals surface area contributed by atoms with Crippen molar-refractivity contribution in [2.75, 3.05) is 12.4 Å². The van der Waals surface area contributed by atoms with E-state index in [1.165, 1.54) is 11.3 Å². The summed E-state index contributed by atoms with van der Waals surface area (Å²) in [7, 11) is 0. The van der Waals surface area contributed by atoms with Crippen LogP contribution < -0.4 is 0 Å². The lowest BCUT2D eigenvalue weighted by Crippen LogP contribution is -1.82. The van der Waals surface area contributed by atoms with Gasteiger partial charge >= 0.3 is 0 Å². The van der Waals surface area contributed by atoms with Crippen molar-refractivity contribution in [1.29, 1.82) is 0 Å². The Labute approximate surface area is 61.9 Å². The van der Waals surface area contributed by atoms with E-state index < -0.39 is 0 Å². The van der Waals surface area contributed by atoms with Gasteiger partial charge in [-0.2, -0.15) is 0 Å². The Morgan fingerprint density at radius 2 is 2.78 bits per heavy atom. The van der Waals surface area contributed by atoms with Gasteiger partial charge in [0, 0.05) is 5.75 Å². The molecule has 0 saturated heterocycles. The van der Waals surface area contributed by atoms with Crippen molar-refractivity contribution >= 4 is 23.1 Å². The summed E-state index contributed by atoms with van der Waals surface area (Å²) in [5.41, 5.74) is 2.73. The Hall–Kier alpha value is -0.0600. The molecule has 2 nitrogen and oxygen atoms in total. The van der Waals surface area contributed by atoms with E-state index in [2.05, 4.69) is 10.5 Å². The maximum absolute atomic E-state index is 8.42. The van der Waals surface area contributed by atoms with E-state index >= 15 is 0 Å². The van der Waals surface area contributed by atoms with Crippen LogP contribution in [-0.4, -0.2) is 22.5 Å². The largest absolute Gasteiger partial charge is 0.396 e. The number of aromatic nitrogens is 1. The molecular weight excluding hydrogens is 154 g/mol. The van der Waals surface area contributed by atoms with Gasteiger partial charge in [0.25, 0.3) is 0 Å². The molecule has 0 spiro atoms. The Kier molecular flexibility index (Phi) is 3.03. The predicted octanol–water partition coefficient (Wildman–Crippen LogP) is 1.03. The highest BCUT2D eigenvalue weighted by Crippen LogP contribution is 2.20. The molecule has 0 aliphatic carbocycles. The monoisotopic (exact) mass is 160 g/mol. The van der Waals surface area contributed by atoms with Crippen LogP contribution >= 0.6 is 23.1 Å². The molecule has 0 atom stereocenters. The minimum atomic E-state index is 0.225. The van der Waals surface area contributed by atoms with Gasteiger partial charge in [-0.15, -0.1) is 23.1 Å². The molecule has 4 heteroatoms. The molecule has 1 N–H and O–H groups in total. The van der Waals surface area contributed by atoms with E-state index in [-0.39, 0.29) is 6.61 Å². The zero-order valence-electron chi connectivity index (χ0n) is 4.70. The van der Waals surface area contributed by atoms with E-state index in [1.54, 1.807) is 18.0 Å². The van der Waals surface area contributed by atoms with Gasteiger partial charge in [0.1, 0.15) is 0 Å². The first-order valence-electron chi connectivity index (χ1n) is 2.49. The number of rotatable bonds is 3. The van der Waals surface area contributed by atoms with Gasteiger partial charge in [-0.05, 0) is 0 Å². The minimum Gasteiger partial charge on any atom is -0.396 e. The van der Waals surface area contributed by atoms with Crippen LogP contribution in [0.25, 0.3) is 0 Å². The second-order valence-electron chi connectivity index (χ2n) is 1.34. The number of hydrogen-bond acceptors (Lipinski definition) is 4. The molecule has 0 aliphatic heterocycles. The third-order valence-electron chi connectivity index (χ3n) is 0.705. The summed E-state index contributed by atoms with van der Waals surface area (Å²) >= 11 is 3.08. The highest BCUT2D eigenvalue weighted by Gasteiger charge is 1.92. The fourth-order valence-electron chi connectivity index (χ4n) is 0.390. The van der Waals surface area contributed by atoms with E-state index in [9.17, 15) is 0 Å². The molecule has 0 bridgehead atoms. The fourth-order valence-corrected chi connectivity index (χ4v) is 1.71. The molecule has 1 aromatic rings. The van der Waals surface area contributed by atoms with Crippen molar-refractivity contribution in [3.05, 3.63) is 11.7 Å². The fraction of sp³-hybridized carbons (Fsp3) is 0.400. The summed E-state index contributed by atoms with van der Waals surface area (Å²) in [6.07, 6.45) is 1.75. The van der Waals surface area contributed by atoms with E-state index in [1.807, 2.05) is 0 Å². The van der Waals surface area contributed by atoms with Gasteiger partial charge in [0.2, 0.25) is 0 Å². The van der Waals surface area contributed by atoms with Gasteiger partial charge in [-0.3, -0.25) is 0 Å². The lowest BCUT2D eigenvalue weighted by atomic mass is 10.9. The summed E-state index contributed by atoms with van der Waals surface area (Å²) < 4.78 is 1.11. The highest BCUT2D eigenvalue weighted by molar-refractivity contribution is 8.01. The SMILES string of the molecule is OCCSc1cn[c]s1. The molecule has 1 radical (unpaired) electrons. The molecule has 1 rings (SSSR count). The molecule has 49 valence electrons.